The molecule has 0 radical (unpaired) electrons. The van der Waals surface area contributed by atoms with E-state index < -0.39 is 5.92 Å². The van der Waals surface area contributed by atoms with Crippen LogP contribution in [0, 0.1) is 0 Å². The molecule has 2 rings (SSSR count). The number of rotatable bonds is 7. The third-order valence-corrected chi connectivity index (χ3v) is 4.00. The number of hydrogen-bond donors (Lipinski definition) is 0. The molecule has 2 aromatic carbocycles. The van der Waals surface area contributed by atoms with E-state index in [1.54, 1.807) is 20.3 Å². The van der Waals surface area contributed by atoms with Gasteiger partial charge in [-0.2, -0.15) is 0 Å². The Morgan fingerprint density at radius 1 is 1.04 bits per heavy atom. The lowest BCUT2D eigenvalue weighted by Crippen LogP contribution is -2.17. The summed E-state index contributed by atoms with van der Waals surface area (Å²) in [5.74, 6) is 0.838. The maximum atomic E-state index is 12.3. The summed E-state index contributed by atoms with van der Waals surface area (Å²) in [7, 11) is 4.64. The van der Waals surface area contributed by atoms with Crippen molar-refractivity contribution in [2.45, 2.75) is 12.3 Å². The van der Waals surface area contributed by atoms with Crippen molar-refractivity contribution in [1.82, 2.24) is 0 Å². The first kappa shape index (κ1) is 17.6. The minimum atomic E-state index is -0.395. The zero-order chi connectivity index (χ0) is 17.5. The lowest BCUT2D eigenvalue weighted by molar-refractivity contribution is -0.142. The topological polar surface area (TPSA) is 44.8 Å². The monoisotopic (exact) mass is 326 g/mol. The van der Waals surface area contributed by atoms with Crippen LogP contribution in [0.2, 0.25) is 0 Å². The quantitative estimate of drug-likeness (QED) is 0.725. The first-order chi connectivity index (χ1) is 11.6. The number of esters is 1. The molecule has 24 heavy (non-hydrogen) atoms. The number of ether oxygens (including phenoxy) is 3. The first-order valence-corrected chi connectivity index (χ1v) is 7.64. The van der Waals surface area contributed by atoms with Crippen molar-refractivity contribution < 1.29 is 19.0 Å². The van der Waals surface area contributed by atoms with Gasteiger partial charge in [-0.05, 0) is 47.4 Å². The number of carbonyl (C=O) groups excluding carboxylic acids is 1. The van der Waals surface area contributed by atoms with Crippen LogP contribution < -0.4 is 9.47 Å². The molecule has 0 spiro atoms. The molecular formula is C20H22O4. The van der Waals surface area contributed by atoms with Crippen LogP contribution >= 0.6 is 0 Å². The van der Waals surface area contributed by atoms with Crippen LogP contribution in [0.25, 0.3) is 6.08 Å². The summed E-state index contributed by atoms with van der Waals surface area (Å²) in [6.45, 7) is 3.85. The van der Waals surface area contributed by atoms with Gasteiger partial charge in [0.1, 0.15) is 11.5 Å². The molecule has 0 saturated carbocycles. The van der Waals surface area contributed by atoms with Gasteiger partial charge in [0.25, 0.3) is 0 Å². The molecule has 0 aliphatic rings. The Bertz CT molecular complexity index is 704. The third kappa shape index (κ3) is 3.96. The normalized spacial score (nSPS) is 11.5. The number of hydrogen-bond acceptors (Lipinski definition) is 4. The fourth-order valence-electron chi connectivity index (χ4n) is 2.61. The highest BCUT2D eigenvalue weighted by Crippen LogP contribution is 2.28. The summed E-state index contributed by atoms with van der Waals surface area (Å²) in [5.41, 5.74) is 2.84. The van der Waals surface area contributed by atoms with Crippen molar-refractivity contribution in [2.75, 3.05) is 21.3 Å². The standard InChI is InChI=1S/C20H22O4/c1-5-14-12-18(23-3)11-8-16(14)13-19(20(21)24-4)15-6-9-17(22-2)10-7-15/h5-12,19H,1,13H2,2-4H3. The second-order valence-corrected chi connectivity index (χ2v) is 5.32. The van der Waals surface area contributed by atoms with E-state index in [1.165, 1.54) is 7.11 Å². The van der Waals surface area contributed by atoms with Crippen molar-refractivity contribution in [1.29, 1.82) is 0 Å². The maximum Gasteiger partial charge on any atom is 0.313 e. The molecule has 0 amide bonds. The van der Waals surface area contributed by atoms with E-state index >= 15 is 0 Å². The minimum absolute atomic E-state index is 0.272. The molecule has 0 aromatic heterocycles. The second-order valence-electron chi connectivity index (χ2n) is 5.32. The van der Waals surface area contributed by atoms with Crippen molar-refractivity contribution in [3.8, 4) is 11.5 Å². The van der Waals surface area contributed by atoms with Gasteiger partial charge in [-0.1, -0.05) is 30.9 Å². The van der Waals surface area contributed by atoms with Crippen molar-refractivity contribution in [3.05, 3.63) is 65.7 Å². The molecular weight excluding hydrogens is 304 g/mol. The van der Waals surface area contributed by atoms with Gasteiger partial charge in [-0.15, -0.1) is 0 Å². The SMILES string of the molecule is C=Cc1cc(OC)ccc1CC(C(=O)OC)c1ccc(OC)cc1. The highest BCUT2D eigenvalue weighted by Gasteiger charge is 2.23. The summed E-state index contributed by atoms with van der Waals surface area (Å²) in [5, 5.41) is 0. The fourth-order valence-corrected chi connectivity index (χ4v) is 2.61. The molecule has 1 atom stereocenters. The lowest BCUT2D eigenvalue weighted by atomic mass is 9.89. The molecule has 0 N–H and O–H groups in total. The van der Waals surface area contributed by atoms with Gasteiger partial charge < -0.3 is 14.2 Å². The maximum absolute atomic E-state index is 12.3. The Morgan fingerprint density at radius 2 is 1.67 bits per heavy atom. The first-order valence-electron chi connectivity index (χ1n) is 7.64. The highest BCUT2D eigenvalue weighted by atomic mass is 16.5. The number of methoxy groups -OCH3 is 3. The van der Waals surface area contributed by atoms with Crippen LogP contribution in [-0.2, 0) is 16.0 Å². The van der Waals surface area contributed by atoms with Gasteiger partial charge >= 0.3 is 5.97 Å². The molecule has 0 heterocycles. The van der Waals surface area contributed by atoms with Gasteiger partial charge in [0.2, 0.25) is 0 Å². The summed E-state index contributed by atoms with van der Waals surface area (Å²) in [6, 6.07) is 13.2. The van der Waals surface area contributed by atoms with Crippen LogP contribution in [0.15, 0.2) is 49.0 Å². The minimum Gasteiger partial charge on any atom is -0.497 e. The molecule has 0 fully saturated rings. The summed E-state index contributed by atoms with van der Waals surface area (Å²) in [4.78, 5) is 12.3. The molecule has 0 bridgehead atoms. The molecule has 4 heteroatoms. The van der Waals surface area contributed by atoms with E-state index in [0.29, 0.717) is 6.42 Å². The van der Waals surface area contributed by atoms with E-state index in [4.69, 9.17) is 14.2 Å². The Labute approximate surface area is 142 Å². The largest absolute Gasteiger partial charge is 0.497 e. The van der Waals surface area contributed by atoms with E-state index in [-0.39, 0.29) is 5.97 Å². The Hall–Kier alpha value is -2.75. The zero-order valence-electron chi connectivity index (χ0n) is 14.2. The van der Waals surface area contributed by atoms with Gasteiger partial charge in [-0.3, -0.25) is 4.79 Å². The molecule has 126 valence electrons. The Balaban J connectivity index is 2.35. The van der Waals surface area contributed by atoms with E-state index in [1.807, 2.05) is 42.5 Å². The van der Waals surface area contributed by atoms with Crippen LogP contribution in [0.3, 0.4) is 0 Å². The molecule has 0 aliphatic heterocycles. The Morgan fingerprint density at radius 3 is 2.21 bits per heavy atom. The van der Waals surface area contributed by atoms with Crippen molar-refractivity contribution >= 4 is 12.0 Å². The molecule has 1 unspecified atom stereocenters. The van der Waals surface area contributed by atoms with Crippen molar-refractivity contribution in [3.63, 3.8) is 0 Å². The van der Waals surface area contributed by atoms with Crippen LogP contribution in [-0.4, -0.2) is 27.3 Å². The summed E-state index contributed by atoms with van der Waals surface area (Å²) >= 11 is 0. The predicted molar refractivity (Wildman–Crippen MR) is 94.5 cm³/mol. The molecule has 4 nitrogen and oxygen atoms in total. The molecule has 2 aromatic rings. The zero-order valence-corrected chi connectivity index (χ0v) is 14.2. The second kappa shape index (κ2) is 8.20. The fraction of sp³-hybridized carbons (Fsp3) is 0.250. The van der Waals surface area contributed by atoms with Gasteiger partial charge in [0, 0.05) is 0 Å². The Kier molecular flexibility index (Phi) is 6.01. The van der Waals surface area contributed by atoms with E-state index in [2.05, 4.69) is 6.58 Å². The van der Waals surface area contributed by atoms with E-state index in [9.17, 15) is 4.79 Å². The smallest absolute Gasteiger partial charge is 0.313 e. The van der Waals surface area contributed by atoms with E-state index in [0.717, 1.165) is 28.2 Å². The van der Waals surface area contributed by atoms with Gasteiger partial charge in [0.05, 0.1) is 27.2 Å². The number of carbonyl (C=O) groups is 1. The number of benzene rings is 2. The summed E-state index contributed by atoms with van der Waals surface area (Å²) < 4.78 is 15.4. The van der Waals surface area contributed by atoms with Crippen LogP contribution in [0.5, 0.6) is 11.5 Å². The average Bonchev–Trinajstić information content (AvgIpc) is 2.65. The van der Waals surface area contributed by atoms with Gasteiger partial charge in [-0.25, -0.2) is 0 Å². The summed E-state index contributed by atoms with van der Waals surface area (Å²) in [6.07, 6.45) is 2.28. The van der Waals surface area contributed by atoms with Crippen LogP contribution in [0.1, 0.15) is 22.6 Å². The third-order valence-electron chi connectivity index (χ3n) is 4.00. The van der Waals surface area contributed by atoms with Crippen molar-refractivity contribution in [2.24, 2.45) is 0 Å². The highest BCUT2D eigenvalue weighted by molar-refractivity contribution is 5.79. The molecule has 0 saturated heterocycles. The predicted octanol–water partition coefficient (Wildman–Crippen LogP) is 3.85. The lowest BCUT2D eigenvalue weighted by Gasteiger charge is -2.17. The average molecular weight is 326 g/mol. The van der Waals surface area contributed by atoms with Gasteiger partial charge in [0.15, 0.2) is 0 Å². The van der Waals surface area contributed by atoms with Crippen LogP contribution in [0.4, 0.5) is 0 Å². The molecule has 0 aliphatic carbocycles.